The van der Waals surface area contributed by atoms with Gasteiger partial charge in [0.2, 0.25) is 0 Å². The van der Waals surface area contributed by atoms with Crippen LogP contribution in [0, 0.1) is 16.7 Å². The first kappa shape index (κ1) is 37.9. The summed E-state index contributed by atoms with van der Waals surface area (Å²) in [6.45, 7) is 10.7. The van der Waals surface area contributed by atoms with E-state index < -0.39 is 89.1 Å². The quantitative estimate of drug-likeness (QED) is 0.233. The van der Waals surface area contributed by atoms with Crippen LogP contribution in [0.25, 0.3) is 0 Å². The Balaban J connectivity index is 1.88. The monoisotopic (exact) mass is 683 g/mol. The van der Waals surface area contributed by atoms with Crippen molar-refractivity contribution in [3.8, 4) is 0 Å². The molecule has 0 aromatic heterocycles. The van der Waals surface area contributed by atoms with Crippen molar-refractivity contribution >= 4 is 29.7 Å². The van der Waals surface area contributed by atoms with E-state index in [1.807, 2.05) is 19.9 Å². The lowest BCUT2D eigenvalue weighted by molar-refractivity contribution is -0.174. The van der Waals surface area contributed by atoms with Gasteiger partial charge in [-0.05, 0) is 74.6 Å². The van der Waals surface area contributed by atoms with Gasteiger partial charge in [0.05, 0.1) is 11.5 Å². The van der Waals surface area contributed by atoms with E-state index in [9.17, 15) is 34.2 Å². The van der Waals surface area contributed by atoms with Crippen molar-refractivity contribution in [3.63, 3.8) is 0 Å². The van der Waals surface area contributed by atoms with Crippen LogP contribution in [0.1, 0.15) is 79.3 Å². The van der Waals surface area contributed by atoms with Crippen molar-refractivity contribution in [2.75, 3.05) is 14.1 Å². The first-order valence-electron chi connectivity index (χ1n) is 16.5. The number of aliphatic hydroxyl groups excluding tert-OH is 2. The fourth-order valence-electron chi connectivity index (χ4n) is 8.04. The van der Waals surface area contributed by atoms with Gasteiger partial charge in [-0.25, -0.2) is 4.79 Å². The maximum atomic E-state index is 14.5. The normalized spacial score (nSPS) is 31.8. The molecule has 0 heterocycles. The number of carbonyl (C=O) groups is 5. The summed E-state index contributed by atoms with van der Waals surface area (Å²) < 4.78 is 23.3. The number of esters is 4. The van der Waals surface area contributed by atoms with E-state index in [0.717, 1.165) is 0 Å². The number of ether oxygens (including phenoxy) is 4. The first-order chi connectivity index (χ1) is 22.8. The van der Waals surface area contributed by atoms with Crippen molar-refractivity contribution in [2.45, 2.75) is 110 Å². The number of likely N-dealkylation sites (N-methyl/N-ethyl adjacent to an activating group) is 1. The zero-order chi connectivity index (χ0) is 36.6. The molecule has 12 nitrogen and oxygen atoms in total. The second kappa shape index (κ2) is 14.5. The topological polar surface area (TPSA) is 166 Å². The van der Waals surface area contributed by atoms with Crippen LogP contribution in [-0.4, -0.2) is 95.5 Å². The van der Waals surface area contributed by atoms with Crippen LogP contribution in [0.3, 0.4) is 0 Å². The van der Waals surface area contributed by atoms with Gasteiger partial charge >= 0.3 is 23.9 Å². The number of aliphatic hydroxyl groups is 2. The van der Waals surface area contributed by atoms with E-state index in [2.05, 4.69) is 0 Å². The van der Waals surface area contributed by atoms with Crippen molar-refractivity contribution in [1.29, 1.82) is 0 Å². The molecule has 0 amide bonds. The molecule has 1 aromatic rings. The lowest BCUT2D eigenvalue weighted by Crippen LogP contribution is -2.57. The van der Waals surface area contributed by atoms with Gasteiger partial charge in [-0.1, -0.05) is 44.2 Å². The third-order valence-corrected chi connectivity index (χ3v) is 10.4. The van der Waals surface area contributed by atoms with Crippen molar-refractivity contribution < 1.29 is 53.1 Å². The molecule has 12 heteroatoms. The smallest absolute Gasteiger partial charge is 0.337 e. The molecular formula is C37H49NO11. The summed E-state index contributed by atoms with van der Waals surface area (Å²) in [5.41, 5.74) is -0.553. The molecule has 4 bridgehead atoms. The number of hydrogen-bond donors (Lipinski definition) is 2. The molecule has 3 aliphatic carbocycles. The van der Waals surface area contributed by atoms with Crippen LogP contribution >= 0.6 is 0 Å². The number of fused-ring (bicyclic) bond motifs is 4. The summed E-state index contributed by atoms with van der Waals surface area (Å²) in [5, 5.41) is 23.3. The van der Waals surface area contributed by atoms with Crippen LogP contribution in [0.2, 0.25) is 0 Å². The lowest BCUT2D eigenvalue weighted by atomic mass is 9.57. The highest BCUT2D eigenvalue weighted by Crippen LogP contribution is 2.53. The molecule has 0 radical (unpaired) electrons. The molecule has 1 fully saturated rings. The average Bonchev–Trinajstić information content (AvgIpc) is 2.99. The number of benzene rings is 1. The Hall–Kier alpha value is -3.87. The fraction of sp³-hybridized carbons (Fsp3) is 0.595. The highest BCUT2D eigenvalue weighted by Gasteiger charge is 2.57. The Morgan fingerprint density at radius 3 is 2.02 bits per heavy atom. The maximum absolute atomic E-state index is 14.5. The number of hydrogen-bond acceptors (Lipinski definition) is 12. The minimum Gasteiger partial charge on any atom is -0.461 e. The molecule has 0 aliphatic heterocycles. The Morgan fingerprint density at radius 1 is 0.878 bits per heavy atom. The SMILES string of the molecule is CC(=O)O[C@H]1C[C@H]2[C@@H](OC(C)=O)/C=C3\C[C@](C)(C(=O)[C@H](O)C(=C1C)C2(C)C)[C@@H](OC(C)=O)C[C@@H]3OC(=O)C(O)C(c1ccccc1)N(C)C. The van der Waals surface area contributed by atoms with Crippen molar-refractivity contribution in [3.05, 3.63) is 58.7 Å². The fourth-order valence-corrected chi connectivity index (χ4v) is 8.04. The van der Waals surface area contributed by atoms with E-state index in [4.69, 9.17) is 18.9 Å². The number of carbonyl (C=O) groups excluding carboxylic acids is 5. The standard InChI is InChI=1S/C37H49NO11/c1-19-26(46-20(2)39)16-25-28(47-21(3)40)15-24-18-37(7,34(44)32(42)30(19)36(25,5)6)29(48-22(4)41)17-27(24)49-35(45)33(43)31(38(8)9)23-13-11-10-12-14-23/h10-15,25-29,31-33,42-43H,16-18H2,1-9H3/b24-15+/t25-,26-,27-,28-,29-,31?,32+,33?,37-/m0/s1. The molecule has 3 aliphatic rings. The summed E-state index contributed by atoms with van der Waals surface area (Å²) in [5.74, 6) is -4.00. The molecule has 1 saturated carbocycles. The van der Waals surface area contributed by atoms with Gasteiger partial charge in [0, 0.05) is 33.1 Å². The lowest BCUT2D eigenvalue weighted by Gasteiger charge is -2.51. The van der Waals surface area contributed by atoms with E-state index >= 15 is 0 Å². The van der Waals surface area contributed by atoms with Crippen LogP contribution in [-0.2, 0) is 42.9 Å². The van der Waals surface area contributed by atoms with Gasteiger partial charge in [0.15, 0.2) is 11.9 Å². The molecule has 49 heavy (non-hydrogen) atoms. The summed E-state index contributed by atoms with van der Waals surface area (Å²) >= 11 is 0. The molecule has 2 unspecified atom stereocenters. The molecule has 0 saturated heterocycles. The predicted molar refractivity (Wildman–Crippen MR) is 176 cm³/mol. The van der Waals surface area contributed by atoms with Gasteiger partial charge in [-0.15, -0.1) is 0 Å². The van der Waals surface area contributed by atoms with Crippen LogP contribution in [0.5, 0.6) is 0 Å². The number of ketones is 1. The molecule has 4 rings (SSSR count). The number of Topliss-reactive ketones (excluding diaryl/α,β-unsaturated/α-hetero) is 1. The Bertz CT molecular complexity index is 1530. The summed E-state index contributed by atoms with van der Waals surface area (Å²) in [7, 11) is 3.45. The summed E-state index contributed by atoms with van der Waals surface area (Å²) in [6, 6.07) is 8.22. The van der Waals surface area contributed by atoms with Gasteiger partial charge in [0.1, 0.15) is 30.5 Å². The van der Waals surface area contributed by atoms with E-state index in [-0.39, 0.29) is 19.3 Å². The molecule has 9 atom stereocenters. The zero-order valence-electron chi connectivity index (χ0n) is 29.7. The zero-order valence-corrected chi connectivity index (χ0v) is 29.7. The van der Waals surface area contributed by atoms with Crippen LogP contribution in [0.15, 0.2) is 53.1 Å². The van der Waals surface area contributed by atoms with Crippen molar-refractivity contribution in [1.82, 2.24) is 4.90 Å². The Labute approximate surface area is 287 Å². The highest BCUT2D eigenvalue weighted by molar-refractivity contribution is 5.93. The van der Waals surface area contributed by atoms with Gasteiger partial charge < -0.3 is 29.2 Å². The second-order valence-corrected chi connectivity index (χ2v) is 14.5. The van der Waals surface area contributed by atoms with E-state index in [1.54, 1.807) is 63.2 Å². The van der Waals surface area contributed by atoms with Gasteiger partial charge in [0.25, 0.3) is 0 Å². The minimum atomic E-state index is -1.69. The number of nitrogens with zero attached hydrogens (tertiary/aromatic N) is 1. The first-order valence-corrected chi connectivity index (χ1v) is 16.5. The van der Waals surface area contributed by atoms with Gasteiger partial charge in [-0.2, -0.15) is 0 Å². The van der Waals surface area contributed by atoms with E-state index in [1.165, 1.54) is 20.8 Å². The molecule has 268 valence electrons. The van der Waals surface area contributed by atoms with E-state index in [0.29, 0.717) is 22.3 Å². The van der Waals surface area contributed by atoms with Crippen LogP contribution < -0.4 is 0 Å². The summed E-state index contributed by atoms with van der Waals surface area (Å²) in [4.78, 5) is 67.1. The van der Waals surface area contributed by atoms with Crippen molar-refractivity contribution in [2.24, 2.45) is 16.7 Å². The largest absolute Gasteiger partial charge is 0.461 e. The predicted octanol–water partition coefficient (Wildman–Crippen LogP) is 3.39. The maximum Gasteiger partial charge on any atom is 0.337 e. The molecule has 2 N–H and O–H groups in total. The Kier molecular flexibility index (Phi) is 11.3. The molecule has 1 aromatic carbocycles. The minimum absolute atomic E-state index is 0.116. The molecular weight excluding hydrogens is 634 g/mol. The number of rotatable bonds is 8. The average molecular weight is 684 g/mol. The van der Waals surface area contributed by atoms with Crippen LogP contribution in [0.4, 0.5) is 0 Å². The Morgan fingerprint density at radius 2 is 1.47 bits per heavy atom. The summed E-state index contributed by atoms with van der Waals surface area (Å²) in [6.07, 6.45) is -5.76. The highest BCUT2D eigenvalue weighted by atomic mass is 16.6. The second-order valence-electron chi connectivity index (χ2n) is 14.5. The third-order valence-electron chi connectivity index (χ3n) is 10.4. The molecule has 0 spiro atoms. The van der Waals surface area contributed by atoms with Gasteiger partial charge in [-0.3, -0.25) is 24.1 Å². The third kappa shape index (κ3) is 7.66.